The van der Waals surface area contributed by atoms with Crippen LogP contribution in [0.5, 0.6) is 0 Å². The third-order valence-electron chi connectivity index (χ3n) is 1.17. The standard InChI is InChI=1S/C5H11NO4/c6-5(3(9)1-7)4(10)2-8/h1,3-5,8-10H,2,6H2. The van der Waals surface area contributed by atoms with Crippen LogP contribution in [0.4, 0.5) is 0 Å². The minimum absolute atomic E-state index is 0.212. The SMILES string of the molecule is NC(C(O)C=O)C(O)CO. The highest BCUT2D eigenvalue weighted by atomic mass is 16.3. The van der Waals surface area contributed by atoms with Crippen LogP contribution in [0.25, 0.3) is 0 Å². The van der Waals surface area contributed by atoms with E-state index in [0.717, 1.165) is 0 Å². The molecule has 60 valence electrons. The maximum absolute atomic E-state index is 9.84. The molecular formula is C5H11NO4. The normalized spacial score (nSPS) is 19.6. The molecule has 0 aromatic heterocycles. The molecule has 0 spiro atoms. The maximum atomic E-state index is 9.84. The fourth-order valence-corrected chi connectivity index (χ4v) is 0.440. The summed E-state index contributed by atoms with van der Waals surface area (Å²) in [6.45, 7) is -0.563. The molecule has 0 saturated carbocycles. The molecule has 3 unspecified atom stereocenters. The van der Waals surface area contributed by atoms with Gasteiger partial charge in [-0.25, -0.2) is 0 Å². The van der Waals surface area contributed by atoms with Gasteiger partial charge in [0.15, 0.2) is 0 Å². The minimum Gasteiger partial charge on any atom is -0.394 e. The summed E-state index contributed by atoms with van der Waals surface area (Å²) in [6, 6.07) is -1.11. The van der Waals surface area contributed by atoms with E-state index in [1.165, 1.54) is 0 Å². The lowest BCUT2D eigenvalue weighted by molar-refractivity contribution is -0.117. The van der Waals surface area contributed by atoms with Crippen LogP contribution < -0.4 is 5.73 Å². The molecule has 5 heteroatoms. The van der Waals surface area contributed by atoms with Gasteiger partial charge in [0.05, 0.1) is 18.8 Å². The first-order valence-electron chi connectivity index (χ1n) is 2.81. The summed E-state index contributed by atoms with van der Waals surface area (Å²) in [5.74, 6) is 0. The molecule has 0 aromatic carbocycles. The summed E-state index contributed by atoms with van der Waals surface area (Å²) in [4.78, 5) is 9.84. The third kappa shape index (κ3) is 2.40. The van der Waals surface area contributed by atoms with Crippen LogP contribution in [-0.2, 0) is 4.79 Å². The molecule has 0 saturated heterocycles. The molecule has 0 radical (unpaired) electrons. The number of aliphatic hydroxyl groups is 3. The quantitative estimate of drug-likeness (QED) is 0.324. The zero-order valence-corrected chi connectivity index (χ0v) is 5.34. The number of aldehydes is 1. The van der Waals surface area contributed by atoms with Crippen LogP contribution in [0.2, 0.25) is 0 Å². The zero-order chi connectivity index (χ0) is 8.15. The van der Waals surface area contributed by atoms with Crippen LogP contribution >= 0.6 is 0 Å². The van der Waals surface area contributed by atoms with Gasteiger partial charge in [0.1, 0.15) is 12.4 Å². The Bertz CT molecular complexity index is 108. The van der Waals surface area contributed by atoms with Crippen molar-refractivity contribution < 1.29 is 20.1 Å². The number of hydrogen-bond acceptors (Lipinski definition) is 5. The van der Waals surface area contributed by atoms with Gasteiger partial charge >= 0.3 is 0 Å². The molecule has 5 N–H and O–H groups in total. The Morgan fingerprint density at radius 2 is 2.00 bits per heavy atom. The molecule has 0 aliphatic heterocycles. The number of hydrogen-bond donors (Lipinski definition) is 4. The van der Waals surface area contributed by atoms with Gasteiger partial charge in [-0.1, -0.05) is 0 Å². The fourth-order valence-electron chi connectivity index (χ4n) is 0.440. The summed E-state index contributed by atoms with van der Waals surface area (Å²) in [6.07, 6.45) is -2.45. The lowest BCUT2D eigenvalue weighted by Gasteiger charge is -2.17. The van der Waals surface area contributed by atoms with Gasteiger partial charge in [0.25, 0.3) is 0 Å². The average molecular weight is 149 g/mol. The molecule has 0 amide bonds. The first-order valence-corrected chi connectivity index (χ1v) is 2.81. The van der Waals surface area contributed by atoms with Gasteiger partial charge < -0.3 is 25.8 Å². The molecule has 0 aliphatic rings. The number of aliphatic hydroxyl groups excluding tert-OH is 3. The molecule has 0 heterocycles. The molecule has 0 rings (SSSR count). The van der Waals surface area contributed by atoms with Crippen molar-refractivity contribution in [3.8, 4) is 0 Å². The molecule has 0 aromatic rings. The number of carbonyl (C=O) groups is 1. The van der Waals surface area contributed by atoms with Gasteiger partial charge in [0.2, 0.25) is 0 Å². The highest BCUT2D eigenvalue weighted by Gasteiger charge is 2.21. The highest BCUT2D eigenvalue weighted by molar-refractivity contribution is 5.57. The Morgan fingerprint density at radius 3 is 2.30 bits per heavy atom. The summed E-state index contributed by atoms with van der Waals surface area (Å²) in [5.41, 5.74) is 5.09. The lowest BCUT2D eigenvalue weighted by atomic mass is 10.1. The van der Waals surface area contributed by atoms with E-state index in [2.05, 4.69) is 0 Å². The Morgan fingerprint density at radius 1 is 1.50 bits per heavy atom. The second-order valence-electron chi connectivity index (χ2n) is 1.95. The van der Waals surface area contributed by atoms with E-state index in [-0.39, 0.29) is 6.29 Å². The second-order valence-corrected chi connectivity index (χ2v) is 1.95. The topological polar surface area (TPSA) is 104 Å². The van der Waals surface area contributed by atoms with E-state index >= 15 is 0 Å². The summed E-state index contributed by atoms with van der Waals surface area (Å²) in [5, 5.41) is 25.7. The molecule has 3 atom stereocenters. The average Bonchev–Trinajstić information content (AvgIpc) is 2.00. The largest absolute Gasteiger partial charge is 0.394 e. The molecule has 0 aliphatic carbocycles. The number of carbonyl (C=O) groups excluding carboxylic acids is 1. The monoisotopic (exact) mass is 149 g/mol. The van der Waals surface area contributed by atoms with E-state index in [1.807, 2.05) is 0 Å². The third-order valence-corrected chi connectivity index (χ3v) is 1.17. The summed E-state index contributed by atoms with van der Waals surface area (Å²) < 4.78 is 0. The first-order chi connectivity index (χ1) is 4.63. The van der Waals surface area contributed by atoms with Crippen molar-refractivity contribution in [3.05, 3.63) is 0 Å². The van der Waals surface area contributed by atoms with Gasteiger partial charge in [-0.2, -0.15) is 0 Å². The zero-order valence-electron chi connectivity index (χ0n) is 5.34. The van der Waals surface area contributed by atoms with Crippen molar-refractivity contribution >= 4 is 6.29 Å². The highest BCUT2D eigenvalue weighted by Crippen LogP contribution is 1.93. The van der Waals surface area contributed by atoms with E-state index in [4.69, 9.17) is 21.1 Å². The van der Waals surface area contributed by atoms with Crippen LogP contribution in [0.1, 0.15) is 0 Å². The molecule has 5 nitrogen and oxygen atoms in total. The van der Waals surface area contributed by atoms with Crippen LogP contribution in [0.15, 0.2) is 0 Å². The van der Waals surface area contributed by atoms with E-state index in [1.54, 1.807) is 0 Å². The summed E-state index contributed by atoms with van der Waals surface area (Å²) >= 11 is 0. The van der Waals surface area contributed by atoms with Crippen LogP contribution in [0.3, 0.4) is 0 Å². The first kappa shape index (κ1) is 9.51. The fraction of sp³-hybridized carbons (Fsp3) is 0.800. The van der Waals surface area contributed by atoms with Crippen molar-refractivity contribution in [2.75, 3.05) is 6.61 Å². The Balaban J connectivity index is 3.80. The predicted molar refractivity (Wildman–Crippen MR) is 33.1 cm³/mol. The molecular weight excluding hydrogens is 138 g/mol. The van der Waals surface area contributed by atoms with Gasteiger partial charge in [-0.3, -0.25) is 0 Å². The Hall–Kier alpha value is -0.490. The molecule has 10 heavy (non-hydrogen) atoms. The van der Waals surface area contributed by atoms with Gasteiger partial charge in [-0.05, 0) is 0 Å². The van der Waals surface area contributed by atoms with Crippen molar-refractivity contribution in [2.45, 2.75) is 18.2 Å². The smallest absolute Gasteiger partial charge is 0.150 e. The van der Waals surface area contributed by atoms with Crippen LogP contribution in [-0.4, -0.2) is 46.5 Å². The molecule has 0 bridgehead atoms. The van der Waals surface area contributed by atoms with Crippen molar-refractivity contribution in [1.29, 1.82) is 0 Å². The van der Waals surface area contributed by atoms with Gasteiger partial charge in [-0.15, -0.1) is 0 Å². The number of rotatable bonds is 4. The Labute approximate surface area is 58.1 Å². The van der Waals surface area contributed by atoms with Crippen LogP contribution in [0, 0.1) is 0 Å². The summed E-state index contributed by atoms with van der Waals surface area (Å²) in [7, 11) is 0. The second kappa shape index (κ2) is 4.35. The van der Waals surface area contributed by atoms with E-state index in [9.17, 15) is 4.79 Å². The molecule has 0 fully saturated rings. The minimum atomic E-state index is -1.41. The van der Waals surface area contributed by atoms with E-state index < -0.39 is 24.9 Å². The lowest BCUT2D eigenvalue weighted by Crippen LogP contribution is -2.47. The van der Waals surface area contributed by atoms with E-state index in [0.29, 0.717) is 0 Å². The number of nitrogens with two attached hydrogens (primary N) is 1. The van der Waals surface area contributed by atoms with Crippen molar-refractivity contribution in [2.24, 2.45) is 5.73 Å². The van der Waals surface area contributed by atoms with Gasteiger partial charge in [0, 0.05) is 0 Å². The van der Waals surface area contributed by atoms with Crippen molar-refractivity contribution in [3.63, 3.8) is 0 Å². The predicted octanol–water partition coefficient (Wildman–Crippen LogP) is -2.77. The van der Waals surface area contributed by atoms with Crippen molar-refractivity contribution in [1.82, 2.24) is 0 Å². The maximum Gasteiger partial charge on any atom is 0.150 e. The Kier molecular flexibility index (Phi) is 4.13.